The number of ether oxygens (including phenoxy) is 2. The van der Waals surface area contributed by atoms with Gasteiger partial charge in [0.1, 0.15) is 0 Å². The molecule has 0 bridgehead atoms. The van der Waals surface area contributed by atoms with Gasteiger partial charge < -0.3 is 19.6 Å². The van der Waals surface area contributed by atoms with Crippen LogP contribution in [0.1, 0.15) is 16.8 Å². The molecule has 2 aromatic rings. The van der Waals surface area contributed by atoms with Crippen molar-refractivity contribution in [3.8, 4) is 11.5 Å². The Kier molecular flexibility index (Phi) is 5.63. The molecule has 0 aliphatic carbocycles. The molecule has 0 aliphatic rings. The summed E-state index contributed by atoms with van der Waals surface area (Å²) >= 11 is 0. The van der Waals surface area contributed by atoms with Crippen molar-refractivity contribution < 1.29 is 19.4 Å². The third-order valence-electron chi connectivity index (χ3n) is 3.90. The van der Waals surface area contributed by atoms with Gasteiger partial charge in [-0.1, -0.05) is 6.07 Å². The van der Waals surface area contributed by atoms with E-state index in [2.05, 4.69) is 4.98 Å². The number of aromatic nitrogens is 2. The quantitative estimate of drug-likeness (QED) is 0.763. The summed E-state index contributed by atoms with van der Waals surface area (Å²) in [6.45, 7) is 1.64. The van der Waals surface area contributed by atoms with E-state index < -0.39 is 23.6 Å². The molecule has 0 saturated carbocycles. The van der Waals surface area contributed by atoms with Crippen LogP contribution in [0.4, 0.5) is 0 Å². The van der Waals surface area contributed by atoms with Crippen molar-refractivity contribution in [2.24, 2.45) is 0 Å². The van der Waals surface area contributed by atoms with Crippen molar-refractivity contribution in [1.82, 2.24) is 9.55 Å². The van der Waals surface area contributed by atoms with E-state index in [9.17, 15) is 14.4 Å². The number of nitrogens with zero attached hydrogens (tertiary/aromatic N) is 1. The highest BCUT2D eigenvalue weighted by atomic mass is 16.5. The number of hydrogen-bond donors (Lipinski definition) is 2. The summed E-state index contributed by atoms with van der Waals surface area (Å²) in [5, 5.41) is 8.93. The second-order valence-corrected chi connectivity index (χ2v) is 5.50. The van der Waals surface area contributed by atoms with Crippen molar-refractivity contribution in [1.29, 1.82) is 0 Å². The summed E-state index contributed by atoms with van der Waals surface area (Å²) in [7, 11) is 3.06. The van der Waals surface area contributed by atoms with Crippen LogP contribution in [-0.2, 0) is 24.2 Å². The van der Waals surface area contributed by atoms with E-state index in [-0.39, 0.29) is 17.8 Å². The minimum absolute atomic E-state index is 0.0828. The molecule has 1 aromatic carbocycles. The number of H-pyrrole nitrogens is 1. The van der Waals surface area contributed by atoms with Crippen LogP contribution in [-0.4, -0.2) is 34.8 Å². The van der Waals surface area contributed by atoms with E-state index in [1.165, 1.54) is 21.1 Å². The Hall–Kier alpha value is -3.03. The first-order valence-corrected chi connectivity index (χ1v) is 7.62. The smallest absolute Gasteiger partial charge is 0.328 e. The highest BCUT2D eigenvalue weighted by molar-refractivity contribution is 5.70. The number of carboxylic acids is 1. The average molecular weight is 348 g/mol. The summed E-state index contributed by atoms with van der Waals surface area (Å²) in [4.78, 5) is 37.9. The number of aliphatic carboxylic acids is 1. The fourth-order valence-corrected chi connectivity index (χ4v) is 2.56. The van der Waals surface area contributed by atoms with Gasteiger partial charge in [0.15, 0.2) is 11.5 Å². The summed E-state index contributed by atoms with van der Waals surface area (Å²) in [6.07, 6.45) is -0.0310. The van der Waals surface area contributed by atoms with Gasteiger partial charge in [-0.25, -0.2) is 4.79 Å². The number of carboxylic acid groups (broad SMARTS) is 1. The molecule has 2 N–H and O–H groups in total. The Labute approximate surface area is 143 Å². The molecule has 0 radical (unpaired) electrons. The Morgan fingerprint density at radius 3 is 2.48 bits per heavy atom. The van der Waals surface area contributed by atoms with Crippen molar-refractivity contribution in [2.75, 3.05) is 14.2 Å². The Balaban J connectivity index is 2.31. The highest BCUT2D eigenvalue weighted by Gasteiger charge is 2.14. The molecule has 8 heteroatoms. The molecule has 0 saturated heterocycles. The lowest BCUT2D eigenvalue weighted by molar-refractivity contribution is -0.136. The molecular formula is C17H20N2O6. The molecule has 0 amide bonds. The standard InChI is InChI=1S/C17H20N2O6/c1-10-12(9-15(20)21)16(22)19(17(23)18-10)7-6-11-4-5-13(24-2)14(8-11)25-3/h4-5,8H,6-7,9H2,1-3H3,(H,18,23)(H,20,21). The van der Waals surface area contributed by atoms with Crippen LogP contribution in [0.25, 0.3) is 0 Å². The molecule has 0 aliphatic heterocycles. The maximum atomic E-state index is 12.4. The molecule has 2 rings (SSSR count). The van der Waals surface area contributed by atoms with Gasteiger partial charge in [0.2, 0.25) is 0 Å². The summed E-state index contributed by atoms with van der Waals surface area (Å²) < 4.78 is 11.4. The van der Waals surface area contributed by atoms with E-state index in [1.54, 1.807) is 12.1 Å². The van der Waals surface area contributed by atoms with Crippen LogP contribution in [0, 0.1) is 6.92 Å². The van der Waals surface area contributed by atoms with Gasteiger partial charge in [-0.05, 0) is 31.0 Å². The van der Waals surface area contributed by atoms with Gasteiger partial charge >= 0.3 is 11.7 Å². The maximum Gasteiger partial charge on any atom is 0.328 e. The van der Waals surface area contributed by atoms with E-state index in [1.807, 2.05) is 6.07 Å². The van der Waals surface area contributed by atoms with Crippen molar-refractivity contribution in [3.63, 3.8) is 0 Å². The van der Waals surface area contributed by atoms with Gasteiger partial charge in [-0.15, -0.1) is 0 Å². The third-order valence-corrected chi connectivity index (χ3v) is 3.90. The highest BCUT2D eigenvalue weighted by Crippen LogP contribution is 2.27. The van der Waals surface area contributed by atoms with Gasteiger partial charge in [0.05, 0.1) is 20.6 Å². The largest absolute Gasteiger partial charge is 0.493 e. The predicted octanol–water partition coefficient (Wildman–Crippen LogP) is 0.732. The first kappa shape index (κ1) is 18.3. The number of carbonyl (C=O) groups is 1. The lowest BCUT2D eigenvalue weighted by Gasteiger charge is -2.11. The zero-order valence-electron chi connectivity index (χ0n) is 14.3. The predicted molar refractivity (Wildman–Crippen MR) is 90.6 cm³/mol. The lowest BCUT2D eigenvalue weighted by atomic mass is 10.1. The second-order valence-electron chi connectivity index (χ2n) is 5.50. The lowest BCUT2D eigenvalue weighted by Crippen LogP contribution is -2.39. The molecule has 25 heavy (non-hydrogen) atoms. The summed E-state index contributed by atoms with van der Waals surface area (Å²) in [5.74, 6) is 0.00997. The molecule has 0 atom stereocenters. The topological polar surface area (TPSA) is 111 Å². The van der Waals surface area contributed by atoms with Crippen LogP contribution in [0.15, 0.2) is 27.8 Å². The van der Waals surface area contributed by atoms with Crippen LogP contribution in [0.3, 0.4) is 0 Å². The normalized spacial score (nSPS) is 10.5. The molecule has 1 aromatic heterocycles. The zero-order valence-corrected chi connectivity index (χ0v) is 14.3. The number of methoxy groups -OCH3 is 2. The fourth-order valence-electron chi connectivity index (χ4n) is 2.56. The number of hydrogen-bond acceptors (Lipinski definition) is 5. The van der Waals surface area contributed by atoms with Crippen LogP contribution < -0.4 is 20.7 Å². The minimum atomic E-state index is -1.13. The molecule has 0 fully saturated rings. The Morgan fingerprint density at radius 2 is 1.88 bits per heavy atom. The average Bonchev–Trinajstić information content (AvgIpc) is 2.57. The van der Waals surface area contributed by atoms with E-state index >= 15 is 0 Å². The van der Waals surface area contributed by atoms with E-state index in [0.717, 1.165) is 10.1 Å². The number of aryl methyl sites for hydroxylation is 2. The monoisotopic (exact) mass is 348 g/mol. The number of aromatic amines is 1. The molecule has 8 nitrogen and oxygen atoms in total. The minimum Gasteiger partial charge on any atom is -0.493 e. The van der Waals surface area contributed by atoms with Gasteiger partial charge in [0, 0.05) is 17.8 Å². The third kappa shape index (κ3) is 4.09. The Morgan fingerprint density at radius 1 is 1.20 bits per heavy atom. The molecular weight excluding hydrogens is 328 g/mol. The van der Waals surface area contributed by atoms with E-state index in [4.69, 9.17) is 14.6 Å². The van der Waals surface area contributed by atoms with Crippen molar-refractivity contribution in [2.45, 2.75) is 26.3 Å². The Bertz CT molecular complexity index is 897. The van der Waals surface area contributed by atoms with Gasteiger partial charge in [0.25, 0.3) is 5.56 Å². The van der Waals surface area contributed by atoms with Crippen molar-refractivity contribution >= 4 is 5.97 Å². The number of nitrogens with one attached hydrogen (secondary N) is 1. The fraction of sp³-hybridized carbons (Fsp3) is 0.353. The van der Waals surface area contributed by atoms with Gasteiger partial charge in [-0.2, -0.15) is 0 Å². The number of benzene rings is 1. The van der Waals surface area contributed by atoms with Crippen LogP contribution in [0.5, 0.6) is 11.5 Å². The van der Waals surface area contributed by atoms with Crippen LogP contribution in [0.2, 0.25) is 0 Å². The maximum absolute atomic E-state index is 12.4. The van der Waals surface area contributed by atoms with Crippen LogP contribution >= 0.6 is 0 Å². The molecule has 0 spiro atoms. The second kappa shape index (κ2) is 7.69. The molecule has 0 unspecified atom stereocenters. The SMILES string of the molecule is COc1ccc(CCn2c(=O)[nH]c(C)c(CC(=O)O)c2=O)cc1OC. The first-order valence-electron chi connectivity index (χ1n) is 7.62. The zero-order chi connectivity index (χ0) is 18.6. The van der Waals surface area contributed by atoms with E-state index in [0.29, 0.717) is 17.9 Å². The van der Waals surface area contributed by atoms with Gasteiger partial charge in [-0.3, -0.25) is 14.2 Å². The summed E-state index contributed by atoms with van der Waals surface area (Å²) in [6, 6.07) is 5.32. The first-order chi connectivity index (χ1) is 11.9. The number of rotatable bonds is 7. The summed E-state index contributed by atoms with van der Waals surface area (Å²) in [5.41, 5.74) is 0.0738. The molecule has 134 valence electrons. The molecule has 1 heterocycles. The van der Waals surface area contributed by atoms with Crippen molar-refractivity contribution in [3.05, 3.63) is 55.9 Å².